The molecule has 0 aromatic carbocycles. The molecule has 8 heteroatoms. The first-order chi connectivity index (χ1) is 9.93. The molecule has 2 N–H and O–H groups in total. The molecule has 1 aliphatic rings. The maximum Gasteiger partial charge on any atom is 0.317 e. The standard InChI is InChI=1S/C13H22N2O6/c1-9(12(17)18)3-4-14-13(19)15-5-6-21-10(8-15)7-11(16)20-2/h9-10H,3-8H2,1-2H3,(H,14,19)(H,17,18). The van der Waals surface area contributed by atoms with Crippen molar-refractivity contribution in [3.05, 3.63) is 0 Å². The molecule has 2 amide bonds. The van der Waals surface area contributed by atoms with E-state index in [2.05, 4.69) is 10.1 Å². The lowest BCUT2D eigenvalue weighted by atomic mass is 10.1. The molecule has 1 fully saturated rings. The number of morpholine rings is 1. The molecule has 0 aromatic rings. The fourth-order valence-corrected chi connectivity index (χ4v) is 1.93. The zero-order chi connectivity index (χ0) is 15.8. The minimum absolute atomic E-state index is 0.107. The van der Waals surface area contributed by atoms with Crippen LogP contribution in [-0.2, 0) is 19.1 Å². The Labute approximate surface area is 123 Å². The average Bonchev–Trinajstić information content (AvgIpc) is 2.46. The number of carbonyl (C=O) groups is 3. The predicted molar refractivity (Wildman–Crippen MR) is 72.8 cm³/mol. The number of carbonyl (C=O) groups excluding carboxylic acids is 2. The second-order valence-corrected chi connectivity index (χ2v) is 4.98. The van der Waals surface area contributed by atoms with E-state index < -0.39 is 11.9 Å². The van der Waals surface area contributed by atoms with Gasteiger partial charge in [-0.25, -0.2) is 4.79 Å². The van der Waals surface area contributed by atoms with E-state index >= 15 is 0 Å². The Bertz CT molecular complexity index is 387. The van der Waals surface area contributed by atoms with Crippen molar-refractivity contribution >= 4 is 18.0 Å². The Morgan fingerprint density at radius 2 is 2.19 bits per heavy atom. The molecule has 1 rings (SSSR count). The predicted octanol–water partition coefficient (Wildman–Crippen LogP) is 0.0707. The lowest BCUT2D eigenvalue weighted by Crippen LogP contribution is -2.50. The van der Waals surface area contributed by atoms with E-state index in [0.717, 1.165) is 0 Å². The molecule has 21 heavy (non-hydrogen) atoms. The summed E-state index contributed by atoms with van der Waals surface area (Å²) in [7, 11) is 1.30. The number of carboxylic acid groups (broad SMARTS) is 1. The second kappa shape index (κ2) is 8.46. The number of methoxy groups -OCH3 is 1. The summed E-state index contributed by atoms with van der Waals surface area (Å²) in [5.74, 6) is -1.76. The summed E-state index contributed by atoms with van der Waals surface area (Å²) >= 11 is 0. The number of hydrogen-bond donors (Lipinski definition) is 2. The van der Waals surface area contributed by atoms with Crippen molar-refractivity contribution in [1.29, 1.82) is 0 Å². The highest BCUT2D eigenvalue weighted by atomic mass is 16.5. The number of carboxylic acids is 1. The molecule has 2 unspecified atom stereocenters. The largest absolute Gasteiger partial charge is 0.481 e. The van der Waals surface area contributed by atoms with Crippen LogP contribution in [0.15, 0.2) is 0 Å². The first kappa shape index (κ1) is 17.2. The minimum atomic E-state index is -0.881. The minimum Gasteiger partial charge on any atom is -0.481 e. The van der Waals surface area contributed by atoms with Crippen LogP contribution in [0, 0.1) is 5.92 Å². The van der Waals surface area contributed by atoms with Crippen molar-refractivity contribution in [1.82, 2.24) is 10.2 Å². The van der Waals surface area contributed by atoms with E-state index in [-0.39, 0.29) is 24.5 Å². The van der Waals surface area contributed by atoms with Gasteiger partial charge in [-0.2, -0.15) is 0 Å². The van der Waals surface area contributed by atoms with Gasteiger partial charge in [-0.05, 0) is 6.42 Å². The summed E-state index contributed by atoms with van der Waals surface area (Å²) in [6.07, 6.45) is 0.114. The van der Waals surface area contributed by atoms with Gasteiger partial charge in [0.05, 0.1) is 32.2 Å². The van der Waals surface area contributed by atoms with Gasteiger partial charge in [0, 0.05) is 19.6 Å². The molecular weight excluding hydrogens is 280 g/mol. The van der Waals surface area contributed by atoms with E-state index in [1.165, 1.54) is 7.11 Å². The van der Waals surface area contributed by atoms with Gasteiger partial charge in [-0.1, -0.05) is 6.92 Å². The van der Waals surface area contributed by atoms with Crippen LogP contribution >= 0.6 is 0 Å². The molecule has 8 nitrogen and oxygen atoms in total. The zero-order valence-electron chi connectivity index (χ0n) is 12.3. The highest BCUT2D eigenvalue weighted by Gasteiger charge is 2.26. The van der Waals surface area contributed by atoms with Gasteiger partial charge in [0.15, 0.2) is 0 Å². The van der Waals surface area contributed by atoms with Crippen LogP contribution in [0.1, 0.15) is 19.8 Å². The lowest BCUT2D eigenvalue weighted by Gasteiger charge is -2.32. The number of amides is 2. The topological polar surface area (TPSA) is 105 Å². The Morgan fingerprint density at radius 3 is 2.81 bits per heavy atom. The molecule has 0 radical (unpaired) electrons. The van der Waals surface area contributed by atoms with Crippen molar-refractivity contribution in [2.75, 3.05) is 33.4 Å². The van der Waals surface area contributed by atoms with Crippen LogP contribution in [0.4, 0.5) is 4.79 Å². The molecule has 1 aliphatic heterocycles. The molecular formula is C13H22N2O6. The quantitative estimate of drug-likeness (QED) is 0.673. The van der Waals surface area contributed by atoms with Crippen LogP contribution in [-0.4, -0.2) is 67.4 Å². The van der Waals surface area contributed by atoms with E-state index in [1.807, 2.05) is 0 Å². The van der Waals surface area contributed by atoms with Gasteiger partial charge >= 0.3 is 18.0 Å². The smallest absolute Gasteiger partial charge is 0.317 e. The van der Waals surface area contributed by atoms with Crippen molar-refractivity contribution < 1.29 is 29.0 Å². The van der Waals surface area contributed by atoms with Crippen molar-refractivity contribution in [3.63, 3.8) is 0 Å². The van der Waals surface area contributed by atoms with Gasteiger partial charge in [0.2, 0.25) is 0 Å². The number of hydrogen-bond acceptors (Lipinski definition) is 5. The molecule has 120 valence electrons. The Balaban J connectivity index is 2.33. The Kier molecular flexibility index (Phi) is 6.93. The summed E-state index contributed by atoms with van der Waals surface area (Å²) in [4.78, 5) is 35.4. The van der Waals surface area contributed by atoms with Crippen LogP contribution in [0.25, 0.3) is 0 Å². The lowest BCUT2D eigenvalue weighted by molar-refractivity contribution is -0.145. The van der Waals surface area contributed by atoms with Crippen molar-refractivity contribution in [2.45, 2.75) is 25.9 Å². The van der Waals surface area contributed by atoms with Gasteiger partial charge in [-0.15, -0.1) is 0 Å². The summed E-state index contributed by atoms with van der Waals surface area (Å²) in [5, 5.41) is 11.4. The number of nitrogens with one attached hydrogen (secondary N) is 1. The van der Waals surface area contributed by atoms with Crippen molar-refractivity contribution in [3.8, 4) is 0 Å². The molecule has 0 aromatic heterocycles. The van der Waals surface area contributed by atoms with E-state index in [4.69, 9.17) is 9.84 Å². The number of ether oxygens (including phenoxy) is 2. The van der Waals surface area contributed by atoms with Crippen LogP contribution in [0.2, 0.25) is 0 Å². The second-order valence-electron chi connectivity index (χ2n) is 4.98. The fraction of sp³-hybridized carbons (Fsp3) is 0.769. The molecule has 0 aliphatic carbocycles. The summed E-state index contributed by atoms with van der Waals surface area (Å²) in [6, 6.07) is -0.272. The molecule has 0 spiro atoms. The van der Waals surface area contributed by atoms with Crippen LogP contribution in [0.5, 0.6) is 0 Å². The van der Waals surface area contributed by atoms with E-state index in [0.29, 0.717) is 32.7 Å². The monoisotopic (exact) mass is 302 g/mol. The Hall–Kier alpha value is -1.83. The van der Waals surface area contributed by atoms with Crippen LogP contribution in [0.3, 0.4) is 0 Å². The Morgan fingerprint density at radius 1 is 1.48 bits per heavy atom. The SMILES string of the molecule is COC(=O)CC1CN(C(=O)NCCC(C)C(=O)O)CCO1. The van der Waals surface area contributed by atoms with Crippen LogP contribution < -0.4 is 5.32 Å². The van der Waals surface area contributed by atoms with Gasteiger partial charge in [0.25, 0.3) is 0 Å². The molecule has 2 atom stereocenters. The molecule has 1 saturated heterocycles. The summed E-state index contributed by atoms with van der Waals surface area (Å²) < 4.78 is 9.97. The molecule has 0 bridgehead atoms. The van der Waals surface area contributed by atoms with Gasteiger partial charge < -0.3 is 24.8 Å². The molecule has 1 heterocycles. The van der Waals surface area contributed by atoms with Gasteiger partial charge in [0.1, 0.15) is 0 Å². The normalized spacial score (nSPS) is 19.7. The third kappa shape index (κ3) is 5.99. The fourth-order valence-electron chi connectivity index (χ4n) is 1.93. The summed E-state index contributed by atoms with van der Waals surface area (Å²) in [5.41, 5.74) is 0. The number of esters is 1. The van der Waals surface area contributed by atoms with Crippen molar-refractivity contribution in [2.24, 2.45) is 5.92 Å². The number of nitrogens with zero attached hydrogens (tertiary/aromatic N) is 1. The van der Waals surface area contributed by atoms with E-state index in [9.17, 15) is 14.4 Å². The first-order valence-electron chi connectivity index (χ1n) is 6.88. The highest BCUT2D eigenvalue weighted by molar-refractivity contribution is 5.75. The third-order valence-corrected chi connectivity index (χ3v) is 3.32. The zero-order valence-corrected chi connectivity index (χ0v) is 12.3. The number of rotatable bonds is 6. The van der Waals surface area contributed by atoms with Gasteiger partial charge in [-0.3, -0.25) is 9.59 Å². The third-order valence-electron chi connectivity index (χ3n) is 3.32. The summed E-state index contributed by atoms with van der Waals surface area (Å²) in [6.45, 7) is 3.01. The average molecular weight is 302 g/mol. The number of aliphatic carboxylic acids is 1. The first-order valence-corrected chi connectivity index (χ1v) is 6.88. The van der Waals surface area contributed by atoms with E-state index in [1.54, 1.807) is 11.8 Å². The number of urea groups is 1. The molecule has 0 saturated carbocycles. The highest BCUT2D eigenvalue weighted by Crippen LogP contribution is 2.09. The maximum absolute atomic E-state index is 11.9. The maximum atomic E-state index is 11.9.